The lowest BCUT2D eigenvalue weighted by Crippen LogP contribution is -2.16. The topological polar surface area (TPSA) is 12.0 Å². The zero-order valence-electron chi connectivity index (χ0n) is 12.3. The molecule has 1 aliphatic carbocycles. The van der Waals surface area contributed by atoms with E-state index >= 15 is 0 Å². The summed E-state index contributed by atoms with van der Waals surface area (Å²) in [6.45, 7) is 4.62. The summed E-state index contributed by atoms with van der Waals surface area (Å²) in [7, 11) is 0. The SMILES string of the molecule is Cc1cc(-c2ccc(F)c(CNC3CC3)c2)c(C)cc1Cl. The third kappa shape index (κ3) is 3.28. The summed E-state index contributed by atoms with van der Waals surface area (Å²) in [5.74, 6) is -0.143. The first-order valence-electron chi connectivity index (χ1n) is 7.33. The normalized spacial score (nSPS) is 14.5. The van der Waals surface area contributed by atoms with Crippen LogP contribution in [-0.2, 0) is 6.54 Å². The van der Waals surface area contributed by atoms with Gasteiger partial charge < -0.3 is 5.32 Å². The van der Waals surface area contributed by atoms with Gasteiger partial charge in [0.2, 0.25) is 0 Å². The molecule has 110 valence electrons. The lowest BCUT2D eigenvalue weighted by atomic mass is 9.97. The van der Waals surface area contributed by atoms with Gasteiger partial charge in [-0.15, -0.1) is 0 Å². The number of hydrogen-bond acceptors (Lipinski definition) is 1. The Morgan fingerprint density at radius 1 is 1.14 bits per heavy atom. The fraction of sp³-hybridized carbons (Fsp3) is 0.333. The highest BCUT2D eigenvalue weighted by Gasteiger charge is 2.20. The number of rotatable bonds is 4. The van der Waals surface area contributed by atoms with Gasteiger partial charge >= 0.3 is 0 Å². The maximum absolute atomic E-state index is 13.9. The molecule has 1 N–H and O–H groups in total. The molecule has 1 fully saturated rings. The minimum Gasteiger partial charge on any atom is -0.310 e. The van der Waals surface area contributed by atoms with E-state index in [9.17, 15) is 4.39 Å². The molecule has 0 aromatic heterocycles. The van der Waals surface area contributed by atoms with Gasteiger partial charge in [-0.25, -0.2) is 4.39 Å². The van der Waals surface area contributed by atoms with Crippen molar-refractivity contribution in [2.24, 2.45) is 0 Å². The number of nitrogens with one attached hydrogen (secondary N) is 1. The fourth-order valence-corrected chi connectivity index (χ4v) is 2.73. The van der Waals surface area contributed by atoms with Crippen LogP contribution in [0.1, 0.15) is 29.5 Å². The molecule has 1 saturated carbocycles. The van der Waals surface area contributed by atoms with Crippen molar-refractivity contribution in [3.63, 3.8) is 0 Å². The third-order valence-electron chi connectivity index (χ3n) is 4.02. The first-order chi connectivity index (χ1) is 10.0. The Morgan fingerprint density at radius 2 is 1.90 bits per heavy atom. The molecule has 1 nitrogen and oxygen atoms in total. The van der Waals surface area contributed by atoms with Gasteiger partial charge in [-0.2, -0.15) is 0 Å². The predicted molar refractivity (Wildman–Crippen MR) is 86.2 cm³/mol. The maximum Gasteiger partial charge on any atom is 0.127 e. The smallest absolute Gasteiger partial charge is 0.127 e. The van der Waals surface area contributed by atoms with Gasteiger partial charge in [-0.3, -0.25) is 0 Å². The molecule has 1 aliphatic rings. The number of hydrogen-bond donors (Lipinski definition) is 1. The van der Waals surface area contributed by atoms with Crippen LogP contribution in [0.25, 0.3) is 11.1 Å². The summed E-state index contributed by atoms with van der Waals surface area (Å²) in [6, 6.07) is 9.96. The van der Waals surface area contributed by atoms with Crippen molar-refractivity contribution >= 4 is 11.6 Å². The van der Waals surface area contributed by atoms with Crippen LogP contribution < -0.4 is 5.32 Å². The van der Waals surface area contributed by atoms with Crippen molar-refractivity contribution in [1.29, 1.82) is 0 Å². The molecule has 21 heavy (non-hydrogen) atoms. The lowest BCUT2D eigenvalue weighted by Gasteiger charge is -2.12. The Labute approximate surface area is 130 Å². The number of aryl methyl sites for hydroxylation is 2. The molecule has 0 unspecified atom stereocenters. The Hall–Kier alpha value is -1.38. The van der Waals surface area contributed by atoms with E-state index in [1.165, 1.54) is 12.8 Å². The lowest BCUT2D eigenvalue weighted by molar-refractivity contribution is 0.587. The molecule has 3 rings (SSSR count). The van der Waals surface area contributed by atoms with Crippen LogP contribution in [0.5, 0.6) is 0 Å². The summed E-state index contributed by atoms with van der Waals surface area (Å²) in [5.41, 5.74) is 5.04. The van der Waals surface area contributed by atoms with Crippen LogP contribution in [0.15, 0.2) is 30.3 Å². The molecular weight excluding hydrogens is 285 g/mol. The Kier molecular flexibility index (Phi) is 4.01. The minimum atomic E-state index is -0.143. The average Bonchev–Trinajstić information content (AvgIpc) is 3.26. The van der Waals surface area contributed by atoms with Gasteiger partial charge in [0.15, 0.2) is 0 Å². The molecule has 0 spiro atoms. The van der Waals surface area contributed by atoms with E-state index in [0.717, 1.165) is 32.8 Å². The highest BCUT2D eigenvalue weighted by atomic mass is 35.5. The molecule has 0 radical (unpaired) electrons. The van der Waals surface area contributed by atoms with E-state index in [1.54, 1.807) is 6.07 Å². The molecule has 2 aromatic rings. The first kappa shape index (κ1) is 14.6. The van der Waals surface area contributed by atoms with Gasteiger partial charge in [0.25, 0.3) is 0 Å². The monoisotopic (exact) mass is 303 g/mol. The van der Waals surface area contributed by atoms with Crippen molar-refractivity contribution in [3.05, 3.63) is 57.9 Å². The zero-order valence-corrected chi connectivity index (χ0v) is 13.1. The Morgan fingerprint density at radius 3 is 2.62 bits per heavy atom. The van der Waals surface area contributed by atoms with Crippen LogP contribution in [-0.4, -0.2) is 6.04 Å². The molecule has 0 heterocycles. The van der Waals surface area contributed by atoms with Gasteiger partial charge in [-0.05, 0) is 73.2 Å². The van der Waals surface area contributed by atoms with Crippen molar-refractivity contribution in [2.45, 2.75) is 39.3 Å². The van der Waals surface area contributed by atoms with Gasteiger partial charge in [0, 0.05) is 23.2 Å². The average molecular weight is 304 g/mol. The van der Waals surface area contributed by atoms with E-state index in [0.29, 0.717) is 12.6 Å². The third-order valence-corrected chi connectivity index (χ3v) is 4.43. The summed E-state index contributed by atoms with van der Waals surface area (Å²) >= 11 is 6.15. The minimum absolute atomic E-state index is 0.143. The highest BCUT2D eigenvalue weighted by Crippen LogP contribution is 2.30. The highest BCUT2D eigenvalue weighted by molar-refractivity contribution is 6.31. The molecule has 3 heteroatoms. The molecule has 2 aromatic carbocycles. The summed E-state index contributed by atoms with van der Waals surface area (Å²) in [4.78, 5) is 0. The summed E-state index contributed by atoms with van der Waals surface area (Å²) < 4.78 is 13.9. The van der Waals surface area contributed by atoms with Crippen LogP contribution in [0.2, 0.25) is 5.02 Å². The van der Waals surface area contributed by atoms with Crippen molar-refractivity contribution in [3.8, 4) is 11.1 Å². The van der Waals surface area contributed by atoms with Crippen LogP contribution in [0.3, 0.4) is 0 Å². The van der Waals surface area contributed by atoms with E-state index in [-0.39, 0.29) is 5.82 Å². The van der Waals surface area contributed by atoms with E-state index in [2.05, 4.69) is 11.4 Å². The zero-order chi connectivity index (χ0) is 15.0. The molecule has 0 bridgehead atoms. The molecule has 0 amide bonds. The van der Waals surface area contributed by atoms with E-state index in [1.807, 2.05) is 32.0 Å². The second-order valence-electron chi connectivity index (χ2n) is 5.88. The second-order valence-corrected chi connectivity index (χ2v) is 6.28. The maximum atomic E-state index is 13.9. The predicted octanol–water partition coefficient (Wildman–Crippen LogP) is 5.01. The quantitative estimate of drug-likeness (QED) is 0.836. The molecule has 0 saturated heterocycles. The largest absolute Gasteiger partial charge is 0.310 e. The Bertz CT molecular complexity index is 677. The first-order valence-corrected chi connectivity index (χ1v) is 7.71. The van der Waals surface area contributed by atoms with E-state index in [4.69, 9.17) is 11.6 Å². The summed E-state index contributed by atoms with van der Waals surface area (Å²) in [6.07, 6.45) is 2.41. The van der Waals surface area contributed by atoms with Gasteiger partial charge in [0.05, 0.1) is 0 Å². The Balaban J connectivity index is 1.94. The van der Waals surface area contributed by atoms with Crippen molar-refractivity contribution in [1.82, 2.24) is 5.32 Å². The number of halogens is 2. The van der Waals surface area contributed by atoms with Crippen LogP contribution in [0.4, 0.5) is 4.39 Å². The molecular formula is C18H19ClFN. The van der Waals surface area contributed by atoms with Crippen molar-refractivity contribution in [2.75, 3.05) is 0 Å². The van der Waals surface area contributed by atoms with Crippen molar-refractivity contribution < 1.29 is 4.39 Å². The second kappa shape index (κ2) is 5.78. The van der Waals surface area contributed by atoms with Gasteiger partial charge in [0.1, 0.15) is 5.82 Å². The molecule has 0 aliphatic heterocycles. The molecule has 0 atom stereocenters. The summed E-state index contributed by atoms with van der Waals surface area (Å²) in [5, 5.41) is 4.14. The van der Waals surface area contributed by atoms with Crippen LogP contribution in [0, 0.1) is 19.7 Å². The fourth-order valence-electron chi connectivity index (χ4n) is 2.51. The van der Waals surface area contributed by atoms with E-state index < -0.39 is 0 Å². The standard InChI is InChI=1S/C18H19ClFN/c1-11-8-17(19)12(2)7-16(11)13-3-6-18(20)14(9-13)10-21-15-4-5-15/h3,6-9,15,21H,4-5,10H2,1-2H3. The van der Waals surface area contributed by atoms with Gasteiger partial charge in [-0.1, -0.05) is 17.7 Å². The number of benzene rings is 2. The van der Waals surface area contributed by atoms with Crippen LogP contribution >= 0.6 is 11.6 Å².